The lowest BCUT2D eigenvalue weighted by molar-refractivity contribution is 0.0692. The second-order valence-corrected chi connectivity index (χ2v) is 5.43. The first-order chi connectivity index (χ1) is 11.8. The zero-order chi connectivity index (χ0) is 18.1. The van der Waals surface area contributed by atoms with E-state index in [1.165, 1.54) is 0 Å². The van der Waals surface area contributed by atoms with Crippen molar-refractivity contribution in [2.24, 2.45) is 0 Å². The van der Waals surface area contributed by atoms with Crippen LogP contribution in [0, 0.1) is 18.6 Å². The van der Waals surface area contributed by atoms with E-state index in [-0.39, 0.29) is 11.3 Å². The highest BCUT2D eigenvalue weighted by Gasteiger charge is 2.15. The Hall–Kier alpha value is -3.35. The number of pyridine rings is 1. The lowest BCUT2D eigenvalue weighted by Gasteiger charge is -2.11. The Morgan fingerprint density at radius 1 is 1.04 bits per heavy atom. The number of hydrogen-bond acceptors (Lipinski definition) is 3. The van der Waals surface area contributed by atoms with Crippen molar-refractivity contribution < 1.29 is 23.5 Å². The van der Waals surface area contributed by atoms with Gasteiger partial charge in [-0.25, -0.2) is 18.6 Å². The summed E-state index contributed by atoms with van der Waals surface area (Å²) in [4.78, 5) is 27.6. The molecule has 1 amide bonds. The number of aromatic nitrogens is 1. The van der Waals surface area contributed by atoms with Crippen LogP contribution < -0.4 is 5.32 Å². The van der Waals surface area contributed by atoms with E-state index in [0.29, 0.717) is 28.2 Å². The number of benzene rings is 2. The van der Waals surface area contributed by atoms with Gasteiger partial charge in [0.1, 0.15) is 11.6 Å². The van der Waals surface area contributed by atoms with Gasteiger partial charge in [0.25, 0.3) is 5.91 Å². The van der Waals surface area contributed by atoms with Gasteiger partial charge in [-0.2, -0.15) is 0 Å². The third-order valence-corrected chi connectivity index (χ3v) is 3.58. The third-order valence-electron chi connectivity index (χ3n) is 3.58. The smallest absolute Gasteiger partial charge is 0.355 e. The quantitative estimate of drug-likeness (QED) is 0.759. The van der Waals surface area contributed by atoms with Crippen molar-refractivity contribution in [2.45, 2.75) is 6.92 Å². The molecule has 3 rings (SSSR count). The van der Waals surface area contributed by atoms with Crippen molar-refractivity contribution in [1.82, 2.24) is 4.98 Å². The molecule has 0 atom stereocenters. The molecule has 0 radical (unpaired) electrons. The normalized spacial score (nSPS) is 10.7. The van der Waals surface area contributed by atoms with E-state index < -0.39 is 23.5 Å². The highest BCUT2D eigenvalue weighted by atomic mass is 19.1. The molecule has 5 nitrogen and oxygen atoms in total. The Labute approximate surface area is 140 Å². The Bertz CT molecular complexity index is 998. The summed E-state index contributed by atoms with van der Waals surface area (Å²) in [5, 5.41) is 12.7. The van der Waals surface area contributed by atoms with Crippen LogP contribution in [-0.2, 0) is 0 Å². The highest BCUT2D eigenvalue weighted by Crippen LogP contribution is 2.27. The number of aromatic carboxylic acids is 1. The maximum absolute atomic E-state index is 13.3. The summed E-state index contributed by atoms with van der Waals surface area (Å²) >= 11 is 0. The summed E-state index contributed by atoms with van der Waals surface area (Å²) in [5.41, 5.74) is 0.463. The fourth-order valence-electron chi connectivity index (χ4n) is 2.56. The van der Waals surface area contributed by atoms with E-state index in [9.17, 15) is 23.5 Å². The molecule has 3 aromatic rings. The maximum Gasteiger partial charge on any atom is 0.355 e. The number of fused-ring (bicyclic) bond motifs is 1. The van der Waals surface area contributed by atoms with Crippen molar-refractivity contribution in [1.29, 1.82) is 0 Å². The molecular formula is C18H12F2N2O3. The Balaban J connectivity index is 2.07. The van der Waals surface area contributed by atoms with Crippen LogP contribution in [0.3, 0.4) is 0 Å². The van der Waals surface area contributed by atoms with Gasteiger partial charge in [-0.3, -0.25) is 4.79 Å². The molecule has 7 heteroatoms. The fourth-order valence-corrected chi connectivity index (χ4v) is 2.56. The number of carbonyl (C=O) groups is 2. The topological polar surface area (TPSA) is 79.3 Å². The molecule has 25 heavy (non-hydrogen) atoms. The number of amides is 1. The van der Waals surface area contributed by atoms with Gasteiger partial charge in [0.2, 0.25) is 0 Å². The van der Waals surface area contributed by atoms with Crippen molar-refractivity contribution in [2.75, 3.05) is 5.32 Å². The van der Waals surface area contributed by atoms with E-state index in [4.69, 9.17) is 0 Å². The van der Waals surface area contributed by atoms with Crippen molar-refractivity contribution in [3.8, 4) is 0 Å². The lowest BCUT2D eigenvalue weighted by atomic mass is 10.1. The molecule has 0 fully saturated rings. The predicted molar refractivity (Wildman–Crippen MR) is 87.8 cm³/mol. The maximum atomic E-state index is 13.3. The van der Waals surface area contributed by atoms with Crippen LogP contribution in [-0.4, -0.2) is 22.0 Å². The highest BCUT2D eigenvalue weighted by molar-refractivity contribution is 6.12. The molecule has 2 N–H and O–H groups in total. The molecule has 0 saturated heterocycles. The number of nitrogens with one attached hydrogen (secondary N) is 1. The van der Waals surface area contributed by atoms with Crippen molar-refractivity contribution >= 4 is 28.3 Å². The Kier molecular flexibility index (Phi) is 4.14. The van der Waals surface area contributed by atoms with Crippen LogP contribution in [0.5, 0.6) is 0 Å². The van der Waals surface area contributed by atoms with Crippen LogP contribution in [0.25, 0.3) is 10.8 Å². The molecule has 0 aliphatic rings. The minimum Gasteiger partial charge on any atom is -0.476 e. The molecule has 0 bridgehead atoms. The minimum absolute atomic E-state index is 0.136. The fraction of sp³-hybridized carbons (Fsp3) is 0.0556. The van der Waals surface area contributed by atoms with Gasteiger partial charge in [0, 0.05) is 33.8 Å². The van der Waals surface area contributed by atoms with Crippen LogP contribution >= 0.6 is 0 Å². The van der Waals surface area contributed by atoms with Crippen molar-refractivity contribution in [3.63, 3.8) is 0 Å². The van der Waals surface area contributed by atoms with E-state index in [1.807, 2.05) is 0 Å². The summed E-state index contributed by atoms with van der Waals surface area (Å²) in [6, 6.07) is 8.84. The number of rotatable bonds is 3. The first-order valence-corrected chi connectivity index (χ1v) is 7.26. The number of nitrogens with zero attached hydrogens (tertiary/aromatic N) is 1. The zero-order valence-corrected chi connectivity index (χ0v) is 13.0. The van der Waals surface area contributed by atoms with Gasteiger partial charge in [-0.1, -0.05) is 12.1 Å². The van der Waals surface area contributed by atoms with Gasteiger partial charge in [0.05, 0.1) is 0 Å². The number of carbonyl (C=O) groups excluding carboxylic acids is 1. The summed E-state index contributed by atoms with van der Waals surface area (Å²) in [6.45, 7) is 1.63. The summed E-state index contributed by atoms with van der Waals surface area (Å²) < 4.78 is 26.6. The van der Waals surface area contributed by atoms with Crippen LogP contribution in [0.4, 0.5) is 14.5 Å². The molecule has 2 aromatic carbocycles. The summed E-state index contributed by atoms with van der Waals surface area (Å²) in [5.74, 6) is -3.63. The summed E-state index contributed by atoms with van der Waals surface area (Å²) in [6.07, 6.45) is 0. The van der Waals surface area contributed by atoms with Crippen LogP contribution in [0.1, 0.15) is 26.5 Å². The second kappa shape index (κ2) is 6.27. The standard InChI is InChI=1S/C18H12F2N2O3/c1-9-5-14-13(16(21-9)18(24)25)3-2-4-15(14)22-17(23)10-6-11(19)8-12(20)7-10/h2-8H,1H3,(H,22,23)(H,24,25). The number of carboxylic acids is 1. The van der Waals surface area contributed by atoms with Crippen molar-refractivity contribution in [3.05, 3.63) is 71.1 Å². The SMILES string of the molecule is Cc1cc2c(NC(=O)c3cc(F)cc(F)c3)cccc2c(C(=O)O)n1. The van der Waals surface area contributed by atoms with E-state index in [0.717, 1.165) is 12.1 Å². The molecule has 1 aromatic heterocycles. The molecule has 0 aliphatic carbocycles. The number of aryl methyl sites for hydroxylation is 1. The van der Waals surface area contributed by atoms with E-state index in [2.05, 4.69) is 10.3 Å². The Morgan fingerprint density at radius 3 is 2.36 bits per heavy atom. The molecule has 1 heterocycles. The molecule has 126 valence electrons. The number of carboxylic acid groups (broad SMARTS) is 1. The van der Waals surface area contributed by atoms with Gasteiger partial charge in [-0.15, -0.1) is 0 Å². The zero-order valence-electron chi connectivity index (χ0n) is 13.0. The minimum atomic E-state index is -1.19. The second-order valence-electron chi connectivity index (χ2n) is 5.43. The summed E-state index contributed by atoms with van der Waals surface area (Å²) in [7, 11) is 0. The molecule has 0 unspecified atom stereocenters. The molecular weight excluding hydrogens is 330 g/mol. The average molecular weight is 342 g/mol. The number of hydrogen-bond donors (Lipinski definition) is 2. The molecule has 0 saturated carbocycles. The first kappa shape index (κ1) is 16.5. The van der Waals surface area contributed by atoms with Crippen LogP contribution in [0.2, 0.25) is 0 Å². The van der Waals surface area contributed by atoms with Gasteiger partial charge < -0.3 is 10.4 Å². The number of anilines is 1. The monoisotopic (exact) mass is 342 g/mol. The molecule has 0 aliphatic heterocycles. The molecule has 0 spiro atoms. The third kappa shape index (κ3) is 3.30. The van der Waals surface area contributed by atoms with Gasteiger partial charge in [-0.05, 0) is 31.2 Å². The van der Waals surface area contributed by atoms with E-state index in [1.54, 1.807) is 31.2 Å². The van der Waals surface area contributed by atoms with Crippen LogP contribution in [0.15, 0.2) is 42.5 Å². The number of halogens is 2. The lowest BCUT2D eigenvalue weighted by Crippen LogP contribution is -2.13. The first-order valence-electron chi connectivity index (χ1n) is 7.26. The Morgan fingerprint density at radius 2 is 1.72 bits per heavy atom. The predicted octanol–water partition coefficient (Wildman–Crippen LogP) is 3.77. The largest absolute Gasteiger partial charge is 0.476 e. The average Bonchev–Trinajstić information content (AvgIpc) is 2.53. The van der Waals surface area contributed by atoms with Gasteiger partial charge >= 0.3 is 5.97 Å². The van der Waals surface area contributed by atoms with E-state index >= 15 is 0 Å². The van der Waals surface area contributed by atoms with Gasteiger partial charge in [0.15, 0.2) is 5.69 Å².